The van der Waals surface area contributed by atoms with Gasteiger partial charge in [-0.25, -0.2) is 4.79 Å². The molecule has 34 heavy (non-hydrogen) atoms. The van der Waals surface area contributed by atoms with Crippen LogP contribution in [0.3, 0.4) is 0 Å². The monoisotopic (exact) mass is 462 g/mol. The van der Waals surface area contributed by atoms with Crippen molar-refractivity contribution in [1.29, 1.82) is 0 Å². The molecular weight excluding hydrogens is 440 g/mol. The predicted molar refractivity (Wildman–Crippen MR) is 122 cm³/mol. The number of aliphatic hydroxyl groups excluding tert-OH is 2. The van der Waals surface area contributed by atoms with Crippen LogP contribution in [0.2, 0.25) is 0 Å². The van der Waals surface area contributed by atoms with E-state index in [1.54, 1.807) is 48.5 Å². The third kappa shape index (κ3) is 5.15. The van der Waals surface area contributed by atoms with Crippen molar-refractivity contribution in [2.75, 3.05) is 13.2 Å². The molecule has 0 spiro atoms. The van der Waals surface area contributed by atoms with Gasteiger partial charge in [-0.05, 0) is 24.3 Å². The van der Waals surface area contributed by atoms with Crippen molar-refractivity contribution in [3.63, 3.8) is 0 Å². The number of aromatic amines is 1. The lowest BCUT2D eigenvalue weighted by molar-refractivity contribution is -0.0459. The van der Waals surface area contributed by atoms with Gasteiger partial charge in [0.15, 0.2) is 5.78 Å². The molecule has 0 aliphatic carbocycles. The van der Waals surface area contributed by atoms with Gasteiger partial charge in [-0.2, -0.15) is 0 Å². The zero-order chi connectivity index (χ0) is 24.1. The highest BCUT2D eigenvalue weighted by atomic mass is 16.5. The van der Waals surface area contributed by atoms with Gasteiger partial charge in [0.2, 0.25) is 0 Å². The third-order valence-electron chi connectivity index (χ3n) is 5.35. The fraction of sp³-hybridized carbons (Fsp3) is 0.240. The summed E-state index contributed by atoms with van der Waals surface area (Å²) in [5.41, 5.74) is -0.209. The number of carbonyl (C=O) groups excluding carboxylic acids is 1. The number of aliphatic hydroxyl groups is 2. The van der Waals surface area contributed by atoms with E-state index in [0.717, 1.165) is 4.57 Å². The average molecular weight is 462 g/mol. The predicted octanol–water partition coefficient (Wildman–Crippen LogP) is 0.839. The van der Waals surface area contributed by atoms with E-state index in [-0.39, 0.29) is 31.0 Å². The van der Waals surface area contributed by atoms with Crippen LogP contribution in [-0.4, -0.2) is 51.0 Å². The van der Waals surface area contributed by atoms with Gasteiger partial charge < -0.3 is 19.7 Å². The van der Waals surface area contributed by atoms with Crippen molar-refractivity contribution < 1.29 is 24.5 Å². The molecular formula is C25H22N2O7. The number of ether oxygens (including phenoxy) is 2. The second-order valence-corrected chi connectivity index (χ2v) is 7.63. The summed E-state index contributed by atoms with van der Waals surface area (Å²) >= 11 is 0. The summed E-state index contributed by atoms with van der Waals surface area (Å²) in [5, 5.41) is 19.1. The maximum atomic E-state index is 12.5. The summed E-state index contributed by atoms with van der Waals surface area (Å²) in [5.74, 6) is 5.79. The lowest BCUT2D eigenvalue weighted by Crippen LogP contribution is -2.33. The number of rotatable bonds is 6. The minimum atomic E-state index is -0.925. The van der Waals surface area contributed by atoms with Crippen LogP contribution in [0.4, 0.5) is 0 Å². The number of aromatic nitrogens is 2. The van der Waals surface area contributed by atoms with Gasteiger partial charge in [-0.1, -0.05) is 42.2 Å². The third-order valence-corrected chi connectivity index (χ3v) is 5.35. The van der Waals surface area contributed by atoms with Gasteiger partial charge in [0, 0.05) is 23.7 Å². The van der Waals surface area contributed by atoms with Gasteiger partial charge in [-0.3, -0.25) is 19.1 Å². The molecule has 1 aliphatic rings. The Labute approximate surface area is 194 Å². The summed E-state index contributed by atoms with van der Waals surface area (Å²) in [4.78, 5) is 38.9. The molecule has 1 aromatic heterocycles. The van der Waals surface area contributed by atoms with E-state index >= 15 is 0 Å². The van der Waals surface area contributed by atoms with E-state index in [9.17, 15) is 24.6 Å². The van der Waals surface area contributed by atoms with Crippen molar-refractivity contribution >= 4 is 5.78 Å². The lowest BCUT2D eigenvalue weighted by atomic mass is 10.0. The molecule has 0 bridgehead atoms. The van der Waals surface area contributed by atoms with Gasteiger partial charge in [0.05, 0.1) is 12.7 Å². The number of hydrogen-bond donors (Lipinski definition) is 3. The van der Waals surface area contributed by atoms with Crippen LogP contribution in [0.15, 0.2) is 70.4 Å². The van der Waals surface area contributed by atoms with Crippen molar-refractivity contribution in [3.05, 3.63) is 98.3 Å². The largest absolute Gasteiger partial charge is 0.481 e. The molecule has 0 radical (unpaired) electrons. The Morgan fingerprint density at radius 1 is 1.12 bits per heavy atom. The number of H-pyrrole nitrogens is 1. The molecule has 1 saturated heterocycles. The van der Waals surface area contributed by atoms with Crippen molar-refractivity contribution in [2.45, 2.75) is 24.9 Å². The molecule has 1 fully saturated rings. The summed E-state index contributed by atoms with van der Waals surface area (Å²) in [6.45, 7) is -0.420. The molecule has 3 aromatic rings. The second kappa shape index (κ2) is 10.3. The summed E-state index contributed by atoms with van der Waals surface area (Å²) in [7, 11) is 0. The van der Waals surface area contributed by atoms with Gasteiger partial charge in [0.25, 0.3) is 5.56 Å². The molecule has 0 saturated carbocycles. The first kappa shape index (κ1) is 23.2. The lowest BCUT2D eigenvalue weighted by Gasteiger charge is -2.14. The van der Waals surface area contributed by atoms with Crippen LogP contribution in [0, 0.1) is 11.8 Å². The topological polar surface area (TPSA) is 131 Å². The second-order valence-electron chi connectivity index (χ2n) is 7.63. The number of benzene rings is 2. The van der Waals surface area contributed by atoms with E-state index in [4.69, 9.17) is 9.47 Å². The molecule has 4 rings (SSSR count). The first-order valence-electron chi connectivity index (χ1n) is 10.6. The van der Waals surface area contributed by atoms with E-state index in [2.05, 4.69) is 16.8 Å². The number of nitrogens with zero attached hydrogens (tertiary/aromatic N) is 1. The Bertz CT molecular complexity index is 1330. The van der Waals surface area contributed by atoms with Crippen LogP contribution in [0.1, 0.15) is 34.1 Å². The number of nitrogens with one attached hydrogen (secondary N) is 1. The molecule has 0 unspecified atom stereocenters. The highest BCUT2D eigenvalue weighted by Crippen LogP contribution is 2.27. The summed E-state index contributed by atoms with van der Waals surface area (Å²) in [6.07, 6.45) is -1.21. The van der Waals surface area contributed by atoms with Crippen molar-refractivity contribution in [2.24, 2.45) is 0 Å². The zero-order valence-electron chi connectivity index (χ0n) is 18.0. The SMILES string of the molecule is O=C(c1ccccc1)c1ccc(OCC#Cc2cn([C@H]3C[C@H](O)[C@@H](CO)O3)c(=O)[nH]c2=O)cc1. The molecule has 0 amide bonds. The molecule has 3 N–H and O–H groups in total. The van der Waals surface area contributed by atoms with E-state index in [1.807, 2.05) is 6.07 Å². The Morgan fingerprint density at radius 3 is 2.50 bits per heavy atom. The number of carbonyl (C=O) groups is 1. The van der Waals surface area contributed by atoms with Gasteiger partial charge in [0.1, 0.15) is 30.3 Å². The maximum absolute atomic E-state index is 12.5. The van der Waals surface area contributed by atoms with Crippen LogP contribution in [0.5, 0.6) is 5.75 Å². The van der Waals surface area contributed by atoms with E-state index < -0.39 is 29.7 Å². The van der Waals surface area contributed by atoms with Crippen LogP contribution < -0.4 is 16.0 Å². The summed E-state index contributed by atoms with van der Waals surface area (Å²) in [6, 6.07) is 15.6. The molecule has 2 heterocycles. The minimum Gasteiger partial charge on any atom is -0.481 e. The van der Waals surface area contributed by atoms with Crippen LogP contribution in [-0.2, 0) is 4.74 Å². The van der Waals surface area contributed by atoms with E-state index in [0.29, 0.717) is 16.9 Å². The maximum Gasteiger partial charge on any atom is 0.330 e. The zero-order valence-corrected chi connectivity index (χ0v) is 18.0. The molecule has 9 nitrogen and oxygen atoms in total. The Kier molecular flexibility index (Phi) is 7.04. The van der Waals surface area contributed by atoms with Gasteiger partial charge in [-0.15, -0.1) is 0 Å². The standard InChI is InChI=1S/C25H22N2O7/c28-15-21-20(29)13-22(34-21)27-14-18(24(31)26-25(27)32)7-4-12-33-19-10-8-17(9-11-19)23(30)16-5-2-1-3-6-16/h1-3,5-6,8-11,14,20-22,28-29H,12-13,15H2,(H,26,31,32)/t20-,21+,22+/m0/s1. The van der Waals surface area contributed by atoms with E-state index in [1.165, 1.54) is 6.20 Å². The average Bonchev–Trinajstić information content (AvgIpc) is 3.23. The van der Waals surface area contributed by atoms with Crippen molar-refractivity contribution in [1.82, 2.24) is 9.55 Å². The Morgan fingerprint density at radius 2 is 1.82 bits per heavy atom. The normalized spacial score (nSPS) is 19.3. The molecule has 3 atom stereocenters. The minimum absolute atomic E-state index is 0.0255. The quantitative estimate of drug-likeness (QED) is 0.365. The highest BCUT2D eigenvalue weighted by molar-refractivity contribution is 6.08. The van der Waals surface area contributed by atoms with Crippen molar-refractivity contribution in [3.8, 4) is 17.6 Å². The Balaban J connectivity index is 1.41. The number of ketones is 1. The molecule has 174 valence electrons. The first-order chi connectivity index (χ1) is 16.5. The van der Waals surface area contributed by atoms with Crippen LogP contribution in [0.25, 0.3) is 0 Å². The Hall–Kier alpha value is -3.97. The number of hydrogen-bond acceptors (Lipinski definition) is 7. The molecule has 9 heteroatoms. The first-order valence-corrected chi connectivity index (χ1v) is 10.6. The molecule has 1 aliphatic heterocycles. The highest BCUT2D eigenvalue weighted by Gasteiger charge is 2.35. The molecule has 2 aromatic carbocycles. The summed E-state index contributed by atoms with van der Waals surface area (Å²) < 4.78 is 12.2. The smallest absolute Gasteiger partial charge is 0.330 e. The van der Waals surface area contributed by atoms with Crippen LogP contribution >= 0.6 is 0 Å². The fourth-order valence-corrected chi connectivity index (χ4v) is 3.55. The van der Waals surface area contributed by atoms with Gasteiger partial charge >= 0.3 is 5.69 Å². The fourth-order valence-electron chi connectivity index (χ4n) is 3.55.